The fourth-order valence-corrected chi connectivity index (χ4v) is 1.44. The molecule has 0 aromatic carbocycles. The van der Waals surface area contributed by atoms with Crippen LogP contribution in [0.1, 0.15) is 18.6 Å². The molecule has 0 aliphatic heterocycles. The van der Waals surface area contributed by atoms with Crippen LogP contribution in [0.2, 0.25) is 0 Å². The van der Waals surface area contributed by atoms with Crippen LogP contribution in [0.4, 0.5) is 5.69 Å². The standard InChI is InChI=1S/C11H17N3O4/c1-6(15)13-5-9(16)10(17)8-3-7(12)4-14-11(8)18-2/h3-4,9-10,16-17H,5,12H2,1-2H3,(H,13,15). The molecule has 0 aliphatic rings. The number of aliphatic hydroxyl groups is 2. The van der Waals surface area contributed by atoms with Gasteiger partial charge in [0.2, 0.25) is 11.8 Å². The van der Waals surface area contributed by atoms with Gasteiger partial charge in [0.15, 0.2) is 0 Å². The van der Waals surface area contributed by atoms with Gasteiger partial charge in [-0.25, -0.2) is 4.98 Å². The number of methoxy groups -OCH3 is 1. The van der Waals surface area contributed by atoms with Gasteiger partial charge in [0.25, 0.3) is 0 Å². The fourth-order valence-electron chi connectivity index (χ4n) is 1.44. The summed E-state index contributed by atoms with van der Waals surface area (Å²) in [5.74, 6) is -0.113. The zero-order chi connectivity index (χ0) is 13.7. The van der Waals surface area contributed by atoms with Crippen molar-refractivity contribution in [3.63, 3.8) is 0 Å². The van der Waals surface area contributed by atoms with Gasteiger partial charge in [0.05, 0.1) is 19.0 Å². The first-order valence-electron chi connectivity index (χ1n) is 5.35. The van der Waals surface area contributed by atoms with E-state index in [1.54, 1.807) is 0 Å². The molecular formula is C11H17N3O4. The van der Waals surface area contributed by atoms with Crippen molar-refractivity contribution >= 4 is 11.6 Å². The number of amides is 1. The monoisotopic (exact) mass is 255 g/mol. The average molecular weight is 255 g/mol. The average Bonchev–Trinajstić information content (AvgIpc) is 2.34. The number of aliphatic hydroxyl groups excluding tert-OH is 2. The maximum Gasteiger partial charge on any atom is 0.219 e. The Morgan fingerprint density at radius 1 is 1.61 bits per heavy atom. The highest BCUT2D eigenvalue weighted by Gasteiger charge is 2.23. The summed E-state index contributed by atoms with van der Waals surface area (Å²) in [4.78, 5) is 14.6. The van der Waals surface area contributed by atoms with E-state index in [-0.39, 0.29) is 23.9 Å². The van der Waals surface area contributed by atoms with Crippen molar-refractivity contribution in [3.8, 4) is 5.88 Å². The van der Waals surface area contributed by atoms with E-state index in [2.05, 4.69) is 10.3 Å². The first kappa shape index (κ1) is 14.2. The van der Waals surface area contributed by atoms with Gasteiger partial charge < -0.3 is 26.0 Å². The molecule has 2 atom stereocenters. The molecular weight excluding hydrogens is 238 g/mol. The lowest BCUT2D eigenvalue weighted by atomic mass is 10.1. The van der Waals surface area contributed by atoms with Crippen LogP contribution in [0.5, 0.6) is 5.88 Å². The van der Waals surface area contributed by atoms with Gasteiger partial charge in [-0.2, -0.15) is 0 Å². The Morgan fingerprint density at radius 2 is 2.28 bits per heavy atom. The molecule has 1 rings (SSSR count). The Kier molecular flexibility index (Phi) is 4.87. The molecule has 1 heterocycles. The molecule has 0 spiro atoms. The van der Waals surface area contributed by atoms with E-state index in [1.807, 2.05) is 0 Å². The molecule has 0 bridgehead atoms. The third-order valence-corrected chi connectivity index (χ3v) is 2.34. The number of ether oxygens (including phenoxy) is 1. The molecule has 5 N–H and O–H groups in total. The maximum absolute atomic E-state index is 10.7. The minimum Gasteiger partial charge on any atom is -0.481 e. The molecule has 1 amide bonds. The predicted octanol–water partition coefficient (Wildman–Crippen LogP) is -0.797. The summed E-state index contributed by atoms with van der Waals surface area (Å²) < 4.78 is 4.97. The SMILES string of the molecule is COc1ncc(N)cc1C(O)C(O)CNC(C)=O. The number of nitrogens with zero attached hydrogens (tertiary/aromatic N) is 1. The minimum absolute atomic E-state index is 0.0749. The molecule has 0 saturated carbocycles. The van der Waals surface area contributed by atoms with Crippen LogP contribution in [-0.4, -0.2) is 40.9 Å². The van der Waals surface area contributed by atoms with Gasteiger partial charge in [-0.1, -0.05) is 0 Å². The summed E-state index contributed by atoms with van der Waals surface area (Å²) in [5.41, 5.74) is 6.18. The lowest BCUT2D eigenvalue weighted by Gasteiger charge is -2.20. The number of pyridine rings is 1. The number of hydrogen-bond acceptors (Lipinski definition) is 6. The Labute approximate surface area is 105 Å². The second-order valence-corrected chi connectivity index (χ2v) is 3.82. The van der Waals surface area contributed by atoms with Crippen molar-refractivity contribution in [3.05, 3.63) is 17.8 Å². The first-order chi connectivity index (χ1) is 8.45. The quantitative estimate of drug-likeness (QED) is 0.547. The van der Waals surface area contributed by atoms with Crippen LogP contribution < -0.4 is 15.8 Å². The minimum atomic E-state index is -1.25. The van der Waals surface area contributed by atoms with E-state index in [1.165, 1.54) is 26.3 Å². The second-order valence-electron chi connectivity index (χ2n) is 3.82. The Balaban J connectivity index is 2.84. The van der Waals surface area contributed by atoms with Gasteiger partial charge >= 0.3 is 0 Å². The number of rotatable bonds is 5. The van der Waals surface area contributed by atoms with E-state index >= 15 is 0 Å². The second kappa shape index (κ2) is 6.18. The van der Waals surface area contributed by atoms with Crippen LogP contribution in [0.3, 0.4) is 0 Å². The maximum atomic E-state index is 10.7. The van der Waals surface area contributed by atoms with Crippen molar-refractivity contribution < 1.29 is 19.7 Å². The summed E-state index contributed by atoms with van der Waals surface area (Å²) in [5, 5.41) is 22.1. The summed E-state index contributed by atoms with van der Waals surface area (Å²) in [6.45, 7) is 1.25. The third kappa shape index (κ3) is 3.57. The van der Waals surface area contributed by atoms with Crippen LogP contribution >= 0.6 is 0 Å². The van der Waals surface area contributed by atoms with Crippen LogP contribution in [0.25, 0.3) is 0 Å². The van der Waals surface area contributed by atoms with Crippen molar-refractivity contribution in [2.45, 2.75) is 19.1 Å². The lowest BCUT2D eigenvalue weighted by molar-refractivity contribution is -0.119. The number of nitrogen functional groups attached to an aromatic ring is 1. The Hall–Kier alpha value is -1.86. The van der Waals surface area contributed by atoms with Gasteiger partial charge in [-0.15, -0.1) is 0 Å². The molecule has 0 radical (unpaired) electrons. The topological polar surface area (TPSA) is 118 Å². The van der Waals surface area contributed by atoms with Crippen molar-refractivity contribution in [1.82, 2.24) is 10.3 Å². The zero-order valence-electron chi connectivity index (χ0n) is 10.3. The number of nitrogens with two attached hydrogens (primary N) is 1. The molecule has 0 saturated heterocycles. The Bertz CT molecular complexity index is 425. The molecule has 1 aromatic rings. The Morgan fingerprint density at radius 3 is 2.83 bits per heavy atom. The smallest absolute Gasteiger partial charge is 0.219 e. The summed E-state index contributed by atoms with van der Waals surface area (Å²) in [6.07, 6.45) is -1.04. The summed E-state index contributed by atoms with van der Waals surface area (Å²) >= 11 is 0. The number of carbonyl (C=O) groups excluding carboxylic acids is 1. The fraction of sp³-hybridized carbons (Fsp3) is 0.455. The third-order valence-electron chi connectivity index (χ3n) is 2.34. The number of aromatic nitrogens is 1. The highest BCUT2D eigenvalue weighted by molar-refractivity contribution is 5.72. The summed E-state index contributed by atoms with van der Waals surface area (Å²) in [6, 6.07) is 1.47. The number of anilines is 1. The zero-order valence-corrected chi connectivity index (χ0v) is 10.3. The molecule has 1 aromatic heterocycles. The highest BCUT2D eigenvalue weighted by Crippen LogP contribution is 2.26. The first-order valence-corrected chi connectivity index (χ1v) is 5.35. The van der Waals surface area contributed by atoms with Crippen LogP contribution in [-0.2, 0) is 4.79 Å². The highest BCUT2D eigenvalue weighted by atomic mass is 16.5. The van der Waals surface area contributed by atoms with Crippen molar-refractivity contribution in [2.75, 3.05) is 19.4 Å². The van der Waals surface area contributed by atoms with E-state index in [4.69, 9.17) is 10.5 Å². The molecule has 2 unspecified atom stereocenters. The molecule has 0 aliphatic carbocycles. The molecule has 18 heavy (non-hydrogen) atoms. The van der Waals surface area contributed by atoms with E-state index in [0.29, 0.717) is 5.69 Å². The van der Waals surface area contributed by atoms with Crippen molar-refractivity contribution in [2.24, 2.45) is 0 Å². The summed E-state index contributed by atoms with van der Waals surface area (Å²) in [7, 11) is 1.40. The van der Waals surface area contributed by atoms with E-state index < -0.39 is 12.2 Å². The van der Waals surface area contributed by atoms with Crippen molar-refractivity contribution in [1.29, 1.82) is 0 Å². The number of hydrogen-bond donors (Lipinski definition) is 4. The van der Waals surface area contributed by atoms with Gasteiger partial charge in [0.1, 0.15) is 12.2 Å². The van der Waals surface area contributed by atoms with Gasteiger partial charge in [0, 0.05) is 19.0 Å². The van der Waals surface area contributed by atoms with Crippen LogP contribution in [0, 0.1) is 0 Å². The number of carbonyl (C=O) groups is 1. The number of nitrogens with one attached hydrogen (secondary N) is 1. The van der Waals surface area contributed by atoms with Gasteiger partial charge in [-0.05, 0) is 6.07 Å². The predicted molar refractivity (Wildman–Crippen MR) is 64.9 cm³/mol. The molecule has 0 fully saturated rings. The van der Waals surface area contributed by atoms with E-state index in [9.17, 15) is 15.0 Å². The molecule has 100 valence electrons. The molecule has 7 nitrogen and oxygen atoms in total. The largest absolute Gasteiger partial charge is 0.481 e. The normalized spacial score (nSPS) is 13.8. The van der Waals surface area contributed by atoms with Gasteiger partial charge in [-0.3, -0.25) is 4.79 Å². The van der Waals surface area contributed by atoms with Crippen LogP contribution in [0.15, 0.2) is 12.3 Å². The molecule has 7 heteroatoms. The lowest BCUT2D eigenvalue weighted by Crippen LogP contribution is -2.34. The van der Waals surface area contributed by atoms with E-state index in [0.717, 1.165) is 0 Å².